The molecule has 0 aromatic carbocycles. The number of hydrogen-bond acceptors (Lipinski definition) is 5. The fourth-order valence-corrected chi connectivity index (χ4v) is 1.90. The zero-order valence-electron chi connectivity index (χ0n) is 8.38. The molecule has 3 N–H and O–H groups in total. The van der Waals surface area contributed by atoms with E-state index in [1.54, 1.807) is 11.8 Å². The minimum atomic E-state index is -0.994. The second kappa shape index (κ2) is 5.67. The average Bonchev–Trinajstić information content (AvgIpc) is 2.17. The Bertz CT molecular complexity index is 344. The molecule has 1 unspecified atom stereocenters. The molecule has 82 valence electrons. The average molecular weight is 227 g/mol. The summed E-state index contributed by atoms with van der Waals surface area (Å²) in [5.74, 6) is 0.335. The third-order valence-corrected chi connectivity index (χ3v) is 2.88. The van der Waals surface area contributed by atoms with Crippen molar-refractivity contribution in [3.8, 4) is 0 Å². The molecule has 15 heavy (non-hydrogen) atoms. The van der Waals surface area contributed by atoms with Gasteiger partial charge in [-0.3, -0.25) is 0 Å². The van der Waals surface area contributed by atoms with Crippen LogP contribution in [0, 0.1) is 0 Å². The zero-order valence-corrected chi connectivity index (χ0v) is 9.20. The van der Waals surface area contributed by atoms with Crippen LogP contribution in [0.15, 0.2) is 12.5 Å². The van der Waals surface area contributed by atoms with Gasteiger partial charge in [0.05, 0.1) is 5.69 Å². The highest BCUT2D eigenvalue weighted by atomic mass is 32.2. The second-order valence-electron chi connectivity index (χ2n) is 3.18. The van der Waals surface area contributed by atoms with Gasteiger partial charge < -0.3 is 10.8 Å². The maximum Gasteiger partial charge on any atom is 0.339 e. The first-order valence-corrected chi connectivity index (χ1v) is 5.62. The molecular formula is C9H13N3O2S. The van der Waals surface area contributed by atoms with Gasteiger partial charge in [-0.25, -0.2) is 14.8 Å². The number of carboxylic acid groups (broad SMARTS) is 1. The molecule has 0 saturated carbocycles. The largest absolute Gasteiger partial charge is 0.478 e. The summed E-state index contributed by atoms with van der Waals surface area (Å²) in [6.07, 6.45) is 2.67. The lowest BCUT2D eigenvalue weighted by Gasteiger charge is -2.05. The first kappa shape index (κ1) is 11.9. The van der Waals surface area contributed by atoms with Crippen molar-refractivity contribution >= 4 is 17.7 Å². The van der Waals surface area contributed by atoms with Crippen LogP contribution in [0.4, 0.5) is 0 Å². The molecule has 1 aromatic rings. The van der Waals surface area contributed by atoms with E-state index >= 15 is 0 Å². The van der Waals surface area contributed by atoms with Gasteiger partial charge in [0.15, 0.2) is 0 Å². The first-order valence-electron chi connectivity index (χ1n) is 4.46. The van der Waals surface area contributed by atoms with E-state index in [0.717, 1.165) is 5.75 Å². The Morgan fingerprint density at radius 2 is 2.47 bits per heavy atom. The van der Waals surface area contributed by atoms with Crippen LogP contribution in [0.1, 0.15) is 23.0 Å². The van der Waals surface area contributed by atoms with E-state index in [2.05, 4.69) is 9.97 Å². The van der Waals surface area contributed by atoms with Crippen molar-refractivity contribution in [2.45, 2.75) is 18.7 Å². The van der Waals surface area contributed by atoms with E-state index in [9.17, 15) is 4.79 Å². The van der Waals surface area contributed by atoms with Crippen molar-refractivity contribution in [1.29, 1.82) is 0 Å². The van der Waals surface area contributed by atoms with E-state index in [1.807, 2.05) is 6.92 Å². The van der Waals surface area contributed by atoms with Gasteiger partial charge in [-0.15, -0.1) is 0 Å². The number of aromatic nitrogens is 2. The van der Waals surface area contributed by atoms with Crippen LogP contribution in [-0.4, -0.2) is 32.8 Å². The molecule has 1 atom stereocenters. The van der Waals surface area contributed by atoms with Crippen LogP contribution in [-0.2, 0) is 5.75 Å². The Kier molecular flexibility index (Phi) is 4.51. The molecule has 0 bridgehead atoms. The van der Waals surface area contributed by atoms with Crippen molar-refractivity contribution in [2.75, 3.05) is 5.75 Å². The summed E-state index contributed by atoms with van der Waals surface area (Å²) in [7, 11) is 0. The fourth-order valence-electron chi connectivity index (χ4n) is 0.990. The number of rotatable bonds is 5. The number of nitrogens with two attached hydrogens (primary N) is 1. The normalized spacial score (nSPS) is 12.4. The van der Waals surface area contributed by atoms with Crippen molar-refractivity contribution in [2.24, 2.45) is 5.73 Å². The molecule has 0 aliphatic carbocycles. The molecule has 1 heterocycles. The Morgan fingerprint density at radius 3 is 3.07 bits per heavy atom. The number of hydrogen-bond donors (Lipinski definition) is 2. The topological polar surface area (TPSA) is 89.1 Å². The van der Waals surface area contributed by atoms with Crippen molar-refractivity contribution in [3.05, 3.63) is 23.8 Å². The quantitative estimate of drug-likeness (QED) is 0.771. The highest BCUT2D eigenvalue weighted by Crippen LogP contribution is 2.13. The van der Waals surface area contributed by atoms with Crippen LogP contribution in [0.3, 0.4) is 0 Å². The predicted octanol–water partition coefficient (Wildman–Crippen LogP) is 0.755. The van der Waals surface area contributed by atoms with Crippen LogP contribution < -0.4 is 5.73 Å². The summed E-state index contributed by atoms with van der Waals surface area (Å²) in [5, 5.41) is 8.86. The molecule has 0 radical (unpaired) electrons. The molecule has 1 rings (SSSR count). The third kappa shape index (κ3) is 3.85. The summed E-state index contributed by atoms with van der Waals surface area (Å²) >= 11 is 1.57. The van der Waals surface area contributed by atoms with Gasteiger partial charge >= 0.3 is 5.97 Å². The summed E-state index contributed by atoms with van der Waals surface area (Å²) in [4.78, 5) is 18.4. The van der Waals surface area contributed by atoms with Gasteiger partial charge in [0.2, 0.25) is 0 Å². The first-order chi connectivity index (χ1) is 7.11. The van der Waals surface area contributed by atoms with E-state index < -0.39 is 5.97 Å². The smallest absolute Gasteiger partial charge is 0.339 e. The minimum absolute atomic E-state index is 0.102. The van der Waals surface area contributed by atoms with Gasteiger partial charge in [0, 0.05) is 23.7 Å². The van der Waals surface area contributed by atoms with Crippen molar-refractivity contribution < 1.29 is 9.90 Å². The Balaban J connectivity index is 2.63. The molecular weight excluding hydrogens is 214 g/mol. The molecule has 0 aliphatic rings. The maximum atomic E-state index is 10.8. The predicted molar refractivity (Wildman–Crippen MR) is 58.8 cm³/mol. The Morgan fingerprint density at radius 1 is 1.73 bits per heavy atom. The van der Waals surface area contributed by atoms with Crippen LogP contribution in [0.5, 0.6) is 0 Å². The lowest BCUT2D eigenvalue weighted by molar-refractivity contribution is 0.0695. The number of carboxylic acids is 1. The molecule has 0 fully saturated rings. The van der Waals surface area contributed by atoms with Gasteiger partial charge in [-0.2, -0.15) is 11.8 Å². The Hall–Kier alpha value is -1.14. The Labute approximate surface area is 92.1 Å². The zero-order chi connectivity index (χ0) is 11.3. The lowest BCUT2D eigenvalue weighted by Crippen LogP contribution is -2.17. The standard InChI is InChI=1S/C9H13N3O2S/c1-6(10)3-15-4-8-7(9(13)14)2-11-5-12-8/h2,5-6H,3-4,10H2,1H3,(H,13,14). The summed E-state index contributed by atoms with van der Waals surface area (Å²) in [6, 6.07) is 0.102. The number of aromatic carboxylic acids is 1. The number of carbonyl (C=O) groups is 1. The van der Waals surface area contributed by atoms with Gasteiger partial charge in [0.1, 0.15) is 11.9 Å². The van der Waals surface area contributed by atoms with E-state index in [4.69, 9.17) is 10.8 Å². The molecule has 6 heteroatoms. The number of thioether (sulfide) groups is 1. The second-order valence-corrected chi connectivity index (χ2v) is 4.21. The van der Waals surface area contributed by atoms with Gasteiger partial charge in [-0.05, 0) is 6.92 Å². The number of nitrogens with zero attached hydrogens (tertiary/aromatic N) is 2. The molecule has 5 nitrogen and oxygen atoms in total. The van der Waals surface area contributed by atoms with Crippen LogP contribution in [0.25, 0.3) is 0 Å². The fraction of sp³-hybridized carbons (Fsp3) is 0.444. The molecule has 0 amide bonds. The van der Waals surface area contributed by atoms with Crippen LogP contribution in [0.2, 0.25) is 0 Å². The monoisotopic (exact) mass is 227 g/mol. The summed E-state index contributed by atoms with van der Waals surface area (Å²) in [5.41, 5.74) is 6.29. The van der Waals surface area contributed by atoms with Gasteiger partial charge in [-0.1, -0.05) is 0 Å². The van der Waals surface area contributed by atoms with E-state index in [1.165, 1.54) is 12.5 Å². The molecule has 0 aliphatic heterocycles. The van der Waals surface area contributed by atoms with Crippen molar-refractivity contribution in [3.63, 3.8) is 0 Å². The minimum Gasteiger partial charge on any atom is -0.478 e. The highest BCUT2D eigenvalue weighted by Gasteiger charge is 2.11. The summed E-state index contributed by atoms with van der Waals surface area (Å²) in [6.45, 7) is 1.91. The van der Waals surface area contributed by atoms with E-state index in [0.29, 0.717) is 11.4 Å². The van der Waals surface area contributed by atoms with Crippen LogP contribution >= 0.6 is 11.8 Å². The molecule has 1 aromatic heterocycles. The summed E-state index contributed by atoms with van der Waals surface area (Å²) < 4.78 is 0. The SMILES string of the molecule is CC(N)CSCc1ncncc1C(=O)O. The molecule has 0 saturated heterocycles. The maximum absolute atomic E-state index is 10.8. The lowest BCUT2D eigenvalue weighted by atomic mass is 10.2. The highest BCUT2D eigenvalue weighted by molar-refractivity contribution is 7.98. The van der Waals surface area contributed by atoms with Gasteiger partial charge in [0.25, 0.3) is 0 Å². The van der Waals surface area contributed by atoms with E-state index in [-0.39, 0.29) is 11.6 Å². The van der Waals surface area contributed by atoms with Crippen molar-refractivity contribution in [1.82, 2.24) is 9.97 Å². The molecule has 0 spiro atoms. The third-order valence-electron chi connectivity index (χ3n) is 1.64.